The lowest BCUT2D eigenvalue weighted by molar-refractivity contribution is 0.0827. The van der Waals surface area contributed by atoms with Gasteiger partial charge in [-0.2, -0.15) is 0 Å². The number of hydrogen-bond donors (Lipinski definition) is 1. The normalized spacial score (nSPS) is 34.2. The van der Waals surface area contributed by atoms with Crippen molar-refractivity contribution in [3.63, 3.8) is 0 Å². The maximum Gasteiger partial charge on any atom is 0.211 e. The van der Waals surface area contributed by atoms with E-state index in [0.29, 0.717) is 5.92 Å². The van der Waals surface area contributed by atoms with Gasteiger partial charge in [0.05, 0.1) is 5.75 Å². The summed E-state index contributed by atoms with van der Waals surface area (Å²) in [6.07, 6.45) is 4.00. The minimum Gasteiger partial charge on any atom is -0.302 e. The highest BCUT2D eigenvalue weighted by atomic mass is 32.2. The quantitative estimate of drug-likeness (QED) is 0.780. The third-order valence-electron chi connectivity index (χ3n) is 3.75. The average Bonchev–Trinajstić information content (AvgIpc) is 2.27. The average molecular weight is 246 g/mol. The predicted octanol–water partition coefficient (Wildman–Crippen LogP) is 0.800. The van der Waals surface area contributed by atoms with Gasteiger partial charge in [-0.15, -0.1) is 0 Å². The van der Waals surface area contributed by atoms with Crippen molar-refractivity contribution in [2.24, 2.45) is 5.92 Å². The zero-order valence-corrected chi connectivity index (χ0v) is 10.8. The topological polar surface area (TPSA) is 49.4 Å². The number of nitrogens with zero attached hydrogens (tertiary/aromatic N) is 1. The maximum absolute atomic E-state index is 11.8. The molecule has 3 aliphatic heterocycles. The first kappa shape index (κ1) is 12.3. The Morgan fingerprint density at radius 2 is 2.00 bits per heavy atom. The van der Waals surface area contributed by atoms with E-state index in [1.165, 1.54) is 0 Å². The van der Waals surface area contributed by atoms with Gasteiger partial charge in [0.2, 0.25) is 10.0 Å². The molecule has 1 N–H and O–H groups in total. The molecular weight excluding hydrogens is 224 g/mol. The van der Waals surface area contributed by atoms with Gasteiger partial charge in [0, 0.05) is 12.6 Å². The van der Waals surface area contributed by atoms with Crippen LogP contribution in [0.5, 0.6) is 0 Å². The van der Waals surface area contributed by atoms with Crippen LogP contribution < -0.4 is 4.72 Å². The zero-order chi connectivity index (χ0) is 11.6. The first-order valence-electron chi connectivity index (χ1n) is 6.33. The number of fused-ring (bicyclic) bond motifs is 3. The monoisotopic (exact) mass is 246 g/mol. The van der Waals surface area contributed by atoms with Crippen LogP contribution in [0, 0.1) is 5.92 Å². The predicted molar refractivity (Wildman–Crippen MR) is 64.8 cm³/mol. The Labute approximate surface area is 98.4 Å². The van der Waals surface area contributed by atoms with Gasteiger partial charge in [0.1, 0.15) is 0 Å². The summed E-state index contributed by atoms with van der Waals surface area (Å²) in [6, 6.07) is 0.171. The summed E-state index contributed by atoms with van der Waals surface area (Å²) in [5.41, 5.74) is 0. The Hall–Kier alpha value is -0.130. The number of hydrogen-bond acceptors (Lipinski definition) is 3. The lowest BCUT2D eigenvalue weighted by atomic mass is 9.85. The highest BCUT2D eigenvalue weighted by molar-refractivity contribution is 7.89. The maximum atomic E-state index is 11.8. The van der Waals surface area contributed by atoms with E-state index < -0.39 is 10.0 Å². The number of piperidine rings is 3. The third kappa shape index (κ3) is 2.96. The second-order valence-corrected chi connectivity index (χ2v) is 6.91. The fraction of sp³-hybridized carbons (Fsp3) is 1.00. The van der Waals surface area contributed by atoms with Gasteiger partial charge < -0.3 is 4.90 Å². The van der Waals surface area contributed by atoms with Gasteiger partial charge in [-0.25, -0.2) is 13.1 Å². The highest BCUT2D eigenvalue weighted by Crippen LogP contribution is 2.27. The minimum atomic E-state index is -3.04. The number of rotatable bonds is 5. The molecule has 16 heavy (non-hydrogen) atoms. The zero-order valence-electron chi connectivity index (χ0n) is 9.98. The molecule has 3 aliphatic rings. The van der Waals surface area contributed by atoms with Gasteiger partial charge in [-0.3, -0.25) is 0 Å². The van der Waals surface area contributed by atoms with Crippen LogP contribution in [0.15, 0.2) is 0 Å². The molecule has 3 rings (SSSR count). The summed E-state index contributed by atoms with van der Waals surface area (Å²) in [5.74, 6) is 0.855. The van der Waals surface area contributed by atoms with Crippen molar-refractivity contribution >= 4 is 10.0 Å². The summed E-state index contributed by atoms with van der Waals surface area (Å²) < 4.78 is 26.5. The van der Waals surface area contributed by atoms with Crippen molar-refractivity contribution in [1.29, 1.82) is 0 Å². The highest BCUT2D eigenvalue weighted by Gasteiger charge is 2.35. The van der Waals surface area contributed by atoms with E-state index in [4.69, 9.17) is 0 Å². The molecule has 0 spiro atoms. The first-order chi connectivity index (χ1) is 7.61. The van der Waals surface area contributed by atoms with Crippen molar-refractivity contribution in [2.45, 2.75) is 38.6 Å². The summed E-state index contributed by atoms with van der Waals surface area (Å²) in [4.78, 5) is 2.37. The molecule has 0 aromatic heterocycles. The van der Waals surface area contributed by atoms with Crippen LogP contribution in [0.4, 0.5) is 0 Å². The molecule has 1 unspecified atom stereocenters. The smallest absolute Gasteiger partial charge is 0.211 e. The molecule has 0 aliphatic carbocycles. The molecule has 0 aromatic rings. The van der Waals surface area contributed by atoms with E-state index >= 15 is 0 Å². The molecule has 5 heteroatoms. The Bertz CT molecular complexity index is 321. The summed E-state index contributed by atoms with van der Waals surface area (Å²) >= 11 is 0. The van der Waals surface area contributed by atoms with E-state index in [1.807, 2.05) is 6.92 Å². The lowest BCUT2D eigenvalue weighted by Crippen LogP contribution is -2.57. The largest absolute Gasteiger partial charge is 0.302 e. The van der Waals surface area contributed by atoms with Crippen LogP contribution >= 0.6 is 0 Å². The van der Waals surface area contributed by atoms with Gasteiger partial charge >= 0.3 is 0 Å². The van der Waals surface area contributed by atoms with E-state index in [9.17, 15) is 8.42 Å². The Morgan fingerprint density at radius 3 is 2.50 bits per heavy atom. The molecule has 0 radical (unpaired) electrons. The lowest BCUT2D eigenvalue weighted by Gasteiger charge is -2.44. The fourth-order valence-corrected chi connectivity index (χ4v) is 4.24. The molecule has 0 saturated carbocycles. The summed E-state index contributed by atoms with van der Waals surface area (Å²) in [5, 5.41) is 0. The second kappa shape index (κ2) is 5.02. The van der Waals surface area contributed by atoms with Gasteiger partial charge in [0.25, 0.3) is 0 Å². The van der Waals surface area contributed by atoms with Crippen LogP contribution in [-0.2, 0) is 10.0 Å². The van der Waals surface area contributed by atoms with Crippen molar-refractivity contribution < 1.29 is 8.42 Å². The Kier molecular flexibility index (Phi) is 3.87. The van der Waals surface area contributed by atoms with Crippen LogP contribution in [0.3, 0.4) is 0 Å². The second-order valence-electron chi connectivity index (χ2n) is 5.03. The van der Waals surface area contributed by atoms with Crippen molar-refractivity contribution in [3.8, 4) is 0 Å². The van der Waals surface area contributed by atoms with Crippen LogP contribution in [0.2, 0.25) is 0 Å². The number of unbranched alkanes of at least 4 members (excludes halogenated alkanes) is 1. The van der Waals surface area contributed by atoms with E-state index in [-0.39, 0.29) is 11.8 Å². The molecule has 3 saturated heterocycles. The molecule has 1 atom stereocenters. The van der Waals surface area contributed by atoms with Gasteiger partial charge in [-0.05, 0) is 38.3 Å². The van der Waals surface area contributed by atoms with E-state index in [2.05, 4.69) is 9.62 Å². The molecule has 94 valence electrons. The van der Waals surface area contributed by atoms with Crippen molar-refractivity contribution in [3.05, 3.63) is 0 Å². The Morgan fingerprint density at radius 1 is 1.31 bits per heavy atom. The number of nitrogens with one attached hydrogen (secondary N) is 1. The molecular formula is C11H22N2O2S. The fourth-order valence-electron chi connectivity index (χ4n) is 2.72. The molecule has 3 fully saturated rings. The van der Waals surface area contributed by atoms with Gasteiger partial charge in [-0.1, -0.05) is 13.3 Å². The summed E-state index contributed by atoms with van der Waals surface area (Å²) in [7, 11) is -3.04. The third-order valence-corrected chi connectivity index (χ3v) is 5.24. The Balaban J connectivity index is 1.89. The standard InChI is InChI=1S/C11H22N2O2S/c1-2-3-8-16(14,15)12-11-9-13-6-4-10(11)5-7-13/h10-12H,2-9H2,1H3. The molecule has 0 amide bonds. The molecule has 2 bridgehead atoms. The SMILES string of the molecule is CCCCS(=O)(=O)NC1CN2CCC1CC2. The van der Waals surface area contributed by atoms with Crippen LogP contribution in [0.25, 0.3) is 0 Å². The van der Waals surface area contributed by atoms with E-state index in [0.717, 1.165) is 45.3 Å². The molecule has 3 heterocycles. The van der Waals surface area contributed by atoms with E-state index in [1.54, 1.807) is 0 Å². The molecule has 0 aromatic carbocycles. The van der Waals surface area contributed by atoms with Crippen LogP contribution in [0.1, 0.15) is 32.6 Å². The van der Waals surface area contributed by atoms with Crippen LogP contribution in [-0.4, -0.2) is 44.7 Å². The minimum absolute atomic E-state index is 0.171. The summed E-state index contributed by atoms with van der Waals surface area (Å²) in [6.45, 7) is 5.23. The van der Waals surface area contributed by atoms with Gasteiger partial charge in [0.15, 0.2) is 0 Å². The first-order valence-corrected chi connectivity index (χ1v) is 7.98. The van der Waals surface area contributed by atoms with Crippen molar-refractivity contribution in [1.82, 2.24) is 9.62 Å². The molecule has 4 nitrogen and oxygen atoms in total. The van der Waals surface area contributed by atoms with Crippen molar-refractivity contribution in [2.75, 3.05) is 25.4 Å². The number of sulfonamides is 1.